The normalized spacial score (nSPS) is 12.2. The van der Waals surface area contributed by atoms with Crippen molar-refractivity contribution in [1.82, 2.24) is 9.78 Å². The number of nitrogens with zero attached hydrogens (tertiary/aromatic N) is 3. The van der Waals surface area contributed by atoms with E-state index in [1.165, 1.54) is 16.9 Å². The number of aryl methyl sites for hydroxylation is 2. The molecule has 0 saturated carbocycles. The number of hydrogen-bond donors (Lipinski definition) is 1. The summed E-state index contributed by atoms with van der Waals surface area (Å²) in [4.78, 5) is 10.4. The Hall–Kier alpha value is -2.44. The number of anilines is 1. The van der Waals surface area contributed by atoms with Gasteiger partial charge in [-0.15, -0.1) is 5.10 Å². The smallest absolute Gasteiger partial charge is 0.330 e. The van der Waals surface area contributed by atoms with E-state index in [-0.39, 0.29) is 23.4 Å². The summed E-state index contributed by atoms with van der Waals surface area (Å²) in [5, 5.41) is 17.8. The zero-order valence-corrected chi connectivity index (χ0v) is 11.4. The summed E-state index contributed by atoms with van der Waals surface area (Å²) in [5.41, 5.74) is 1.16. The van der Waals surface area contributed by atoms with Crippen molar-refractivity contribution in [2.45, 2.75) is 19.9 Å². The molecule has 0 bridgehead atoms. The van der Waals surface area contributed by atoms with Gasteiger partial charge >= 0.3 is 5.69 Å². The predicted molar refractivity (Wildman–Crippen MR) is 73.0 cm³/mol. The number of hydrogen-bond acceptors (Lipinski definition) is 4. The van der Waals surface area contributed by atoms with E-state index in [0.717, 1.165) is 0 Å². The summed E-state index contributed by atoms with van der Waals surface area (Å²) in [6.45, 7) is 3.48. The first kappa shape index (κ1) is 14.0. The molecule has 1 aromatic carbocycles. The highest BCUT2D eigenvalue weighted by atomic mass is 19.1. The SMILES string of the molecule is Cc1ccc(C(C)Nc2nn(C)cc2[N+](=O)[O-])cc1F. The van der Waals surface area contributed by atoms with Crippen molar-refractivity contribution in [3.63, 3.8) is 0 Å². The van der Waals surface area contributed by atoms with Crippen molar-refractivity contribution in [3.05, 3.63) is 51.5 Å². The van der Waals surface area contributed by atoms with E-state index in [0.29, 0.717) is 11.1 Å². The molecule has 1 unspecified atom stereocenters. The van der Waals surface area contributed by atoms with Crippen LogP contribution in [-0.4, -0.2) is 14.7 Å². The van der Waals surface area contributed by atoms with Gasteiger partial charge in [-0.25, -0.2) is 4.39 Å². The van der Waals surface area contributed by atoms with E-state index in [9.17, 15) is 14.5 Å². The Morgan fingerprint density at radius 3 is 2.80 bits per heavy atom. The summed E-state index contributed by atoms with van der Waals surface area (Å²) in [7, 11) is 1.61. The summed E-state index contributed by atoms with van der Waals surface area (Å²) in [6, 6.07) is 4.58. The fourth-order valence-electron chi connectivity index (χ4n) is 1.88. The lowest BCUT2D eigenvalue weighted by Gasteiger charge is -2.14. The van der Waals surface area contributed by atoms with Crippen molar-refractivity contribution < 1.29 is 9.31 Å². The Balaban J connectivity index is 2.25. The third-order valence-electron chi connectivity index (χ3n) is 3.06. The molecule has 106 valence electrons. The first-order valence-electron chi connectivity index (χ1n) is 6.09. The lowest BCUT2D eigenvalue weighted by atomic mass is 10.1. The molecule has 2 rings (SSSR count). The first-order chi connectivity index (χ1) is 9.38. The molecule has 20 heavy (non-hydrogen) atoms. The minimum atomic E-state index is -0.502. The predicted octanol–water partition coefficient (Wildman–Crippen LogP) is 2.95. The fraction of sp³-hybridized carbons (Fsp3) is 0.308. The minimum absolute atomic E-state index is 0.105. The quantitative estimate of drug-likeness (QED) is 0.689. The zero-order chi connectivity index (χ0) is 14.9. The Morgan fingerprint density at radius 2 is 2.20 bits per heavy atom. The van der Waals surface area contributed by atoms with Crippen molar-refractivity contribution in [1.29, 1.82) is 0 Å². The topological polar surface area (TPSA) is 73.0 Å². The van der Waals surface area contributed by atoms with Crippen LogP contribution in [0.15, 0.2) is 24.4 Å². The monoisotopic (exact) mass is 278 g/mol. The maximum atomic E-state index is 13.5. The molecule has 0 aliphatic carbocycles. The first-order valence-corrected chi connectivity index (χ1v) is 6.09. The highest BCUT2D eigenvalue weighted by Crippen LogP contribution is 2.26. The minimum Gasteiger partial charge on any atom is -0.356 e. The summed E-state index contributed by atoms with van der Waals surface area (Å²) in [6.07, 6.45) is 1.32. The zero-order valence-electron chi connectivity index (χ0n) is 11.4. The van der Waals surface area contributed by atoms with Crippen LogP contribution in [0.25, 0.3) is 0 Å². The highest BCUT2D eigenvalue weighted by Gasteiger charge is 2.20. The molecule has 0 saturated heterocycles. The van der Waals surface area contributed by atoms with E-state index >= 15 is 0 Å². The van der Waals surface area contributed by atoms with Gasteiger partial charge in [-0.05, 0) is 31.0 Å². The van der Waals surface area contributed by atoms with Crippen molar-refractivity contribution in [2.24, 2.45) is 7.05 Å². The van der Waals surface area contributed by atoms with Crippen LogP contribution in [0.3, 0.4) is 0 Å². The van der Waals surface area contributed by atoms with Crippen LogP contribution in [0.2, 0.25) is 0 Å². The number of rotatable bonds is 4. The van der Waals surface area contributed by atoms with Gasteiger partial charge in [0, 0.05) is 7.05 Å². The standard InChI is InChI=1S/C13H15FN4O2/c1-8-4-5-10(6-11(8)14)9(2)15-13-12(18(19)20)7-17(3)16-13/h4-7,9H,1-3H3,(H,15,16). The molecular weight excluding hydrogens is 263 g/mol. The van der Waals surface area contributed by atoms with E-state index in [2.05, 4.69) is 10.4 Å². The molecule has 1 aromatic heterocycles. The molecule has 1 atom stereocenters. The third-order valence-corrected chi connectivity index (χ3v) is 3.06. The number of benzene rings is 1. The van der Waals surface area contributed by atoms with Gasteiger partial charge in [0.15, 0.2) is 0 Å². The van der Waals surface area contributed by atoms with Gasteiger partial charge in [-0.1, -0.05) is 12.1 Å². The van der Waals surface area contributed by atoms with Gasteiger partial charge < -0.3 is 5.32 Å². The highest BCUT2D eigenvalue weighted by molar-refractivity contribution is 5.55. The number of halogens is 1. The molecule has 0 amide bonds. The maximum absolute atomic E-state index is 13.5. The van der Waals surface area contributed by atoms with Gasteiger partial charge in [-0.3, -0.25) is 14.8 Å². The summed E-state index contributed by atoms with van der Waals surface area (Å²) >= 11 is 0. The lowest BCUT2D eigenvalue weighted by molar-refractivity contribution is -0.384. The molecule has 6 nitrogen and oxygen atoms in total. The van der Waals surface area contributed by atoms with Crippen LogP contribution in [0, 0.1) is 22.9 Å². The largest absolute Gasteiger partial charge is 0.356 e. The van der Waals surface area contributed by atoms with Crippen LogP contribution in [-0.2, 0) is 7.05 Å². The Morgan fingerprint density at radius 1 is 1.50 bits per heavy atom. The maximum Gasteiger partial charge on any atom is 0.330 e. The number of nitrogens with one attached hydrogen (secondary N) is 1. The third kappa shape index (κ3) is 2.76. The molecular formula is C13H15FN4O2. The van der Waals surface area contributed by atoms with Gasteiger partial charge in [0.05, 0.1) is 11.0 Å². The Bertz CT molecular complexity index is 654. The van der Waals surface area contributed by atoms with E-state index in [1.54, 1.807) is 33.0 Å². The van der Waals surface area contributed by atoms with Gasteiger partial charge in [0.2, 0.25) is 5.82 Å². The average Bonchev–Trinajstić information content (AvgIpc) is 2.73. The molecule has 2 aromatic rings. The Kier molecular flexibility index (Phi) is 3.69. The fourth-order valence-corrected chi connectivity index (χ4v) is 1.88. The molecule has 1 N–H and O–H groups in total. The van der Waals surface area contributed by atoms with E-state index in [4.69, 9.17) is 0 Å². The molecule has 0 radical (unpaired) electrons. The molecule has 0 spiro atoms. The van der Waals surface area contributed by atoms with Crippen molar-refractivity contribution >= 4 is 11.5 Å². The van der Waals surface area contributed by atoms with E-state index < -0.39 is 4.92 Å². The second-order valence-corrected chi connectivity index (χ2v) is 4.67. The Labute approximate surface area is 115 Å². The van der Waals surface area contributed by atoms with E-state index in [1.807, 2.05) is 0 Å². The molecule has 0 aliphatic heterocycles. The second kappa shape index (κ2) is 5.28. The van der Waals surface area contributed by atoms with Crippen LogP contribution in [0.4, 0.5) is 15.9 Å². The van der Waals surface area contributed by atoms with Crippen LogP contribution in [0.1, 0.15) is 24.1 Å². The average molecular weight is 278 g/mol. The lowest BCUT2D eigenvalue weighted by Crippen LogP contribution is -2.09. The van der Waals surface area contributed by atoms with Gasteiger partial charge in [-0.2, -0.15) is 0 Å². The molecule has 7 heteroatoms. The van der Waals surface area contributed by atoms with Crippen molar-refractivity contribution in [3.8, 4) is 0 Å². The van der Waals surface area contributed by atoms with Crippen LogP contribution >= 0.6 is 0 Å². The molecule has 0 fully saturated rings. The second-order valence-electron chi connectivity index (χ2n) is 4.67. The molecule has 0 aliphatic rings. The van der Waals surface area contributed by atoms with Crippen LogP contribution < -0.4 is 5.32 Å². The number of aromatic nitrogens is 2. The summed E-state index contributed by atoms with van der Waals surface area (Å²) in [5.74, 6) is -0.127. The van der Waals surface area contributed by atoms with Gasteiger partial charge in [0.1, 0.15) is 12.0 Å². The molecule has 1 heterocycles. The van der Waals surface area contributed by atoms with Crippen molar-refractivity contribution in [2.75, 3.05) is 5.32 Å². The van der Waals surface area contributed by atoms with Crippen LogP contribution in [0.5, 0.6) is 0 Å². The van der Waals surface area contributed by atoms with Gasteiger partial charge in [0.25, 0.3) is 0 Å². The summed E-state index contributed by atoms with van der Waals surface area (Å²) < 4.78 is 14.9. The number of nitro groups is 1.